The van der Waals surface area contributed by atoms with Crippen molar-refractivity contribution in [3.8, 4) is 11.3 Å². The SMILES string of the molecule is NS(=O)(=O)NCC1C2CC3CC1CC(C(O)CC1c4c(F)cccc4-c4cncn41)(C3)C2. The fourth-order valence-corrected chi connectivity index (χ4v) is 8.26. The molecule has 0 radical (unpaired) electrons. The van der Waals surface area contributed by atoms with E-state index in [-0.39, 0.29) is 23.2 Å². The summed E-state index contributed by atoms with van der Waals surface area (Å²) in [5.41, 5.74) is 2.24. The molecule has 0 saturated heterocycles. The van der Waals surface area contributed by atoms with Gasteiger partial charge in [0.15, 0.2) is 0 Å². The van der Waals surface area contributed by atoms with E-state index in [1.54, 1.807) is 18.6 Å². The molecule has 2 aromatic rings. The Labute approximate surface area is 187 Å². The summed E-state index contributed by atoms with van der Waals surface area (Å²) in [5.74, 6) is 1.39. The van der Waals surface area contributed by atoms with Crippen LogP contribution in [-0.4, -0.2) is 35.7 Å². The first-order valence-electron chi connectivity index (χ1n) is 11.5. The van der Waals surface area contributed by atoms with Crippen LogP contribution in [0.15, 0.2) is 30.7 Å². The zero-order valence-electron chi connectivity index (χ0n) is 17.8. The molecule has 2 heterocycles. The van der Waals surface area contributed by atoms with Gasteiger partial charge in [0.2, 0.25) is 0 Å². The van der Waals surface area contributed by atoms with Gasteiger partial charge in [-0.15, -0.1) is 0 Å². The van der Waals surface area contributed by atoms with Gasteiger partial charge in [0.05, 0.1) is 30.4 Å². The smallest absolute Gasteiger partial charge is 0.274 e. The highest BCUT2D eigenvalue weighted by atomic mass is 32.2. The molecule has 0 spiro atoms. The minimum absolute atomic E-state index is 0.177. The van der Waals surface area contributed by atoms with Gasteiger partial charge >= 0.3 is 0 Å². The third-order valence-electron chi connectivity index (χ3n) is 8.85. The van der Waals surface area contributed by atoms with E-state index < -0.39 is 16.3 Å². The molecule has 4 bridgehead atoms. The number of halogens is 1. The summed E-state index contributed by atoms with van der Waals surface area (Å²) >= 11 is 0. The summed E-state index contributed by atoms with van der Waals surface area (Å²) in [6.07, 6.45) is 8.39. The van der Waals surface area contributed by atoms with Gasteiger partial charge in [0.25, 0.3) is 10.2 Å². The topological polar surface area (TPSA) is 110 Å². The number of hydrogen-bond acceptors (Lipinski definition) is 4. The second-order valence-corrected chi connectivity index (χ2v) is 11.9. The Morgan fingerprint density at radius 1 is 1.28 bits per heavy atom. The number of nitrogens with zero attached hydrogens (tertiary/aromatic N) is 2. The van der Waals surface area contributed by atoms with Gasteiger partial charge in [0, 0.05) is 17.7 Å². The van der Waals surface area contributed by atoms with Gasteiger partial charge in [-0.2, -0.15) is 8.42 Å². The Hall–Kier alpha value is -1.81. The molecule has 1 aromatic heterocycles. The molecule has 4 N–H and O–H groups in total. The molecule has 172 valence electrons. The lowest BCUT2D eigenvalue weighted by molar-refractivity contribution is -0.148. The van der Waals surface area contributed by atoms with Crippen LogP contribution in [0.3, 0.4) is 0 Å². The molecule has 0 amide bonds. The molecule has 9 heteroatoms. The Bertz CT molecular complexity index is 1150. The zero-order valence-corrected chi connectivity index (χ0v) is 18.6. The van der Waals surface area contributed by atoms with Crippen molar-refractivity contribution in [1.82, 2.24) is 14.3 Å². The third kappa shape index (κ3) is 3.16. The molecule has 1 aromatic carbocycles. The molecule has 7 nitrogen and oxygen atoms in total. The van der Waals surface area contributed by atoms with Crippen LogP contribution in [0.4, 0.5) is 4.39 Å². The third-order valence-corrected chi connectivity index (χ3v) is 9.42. The van der Waals surface area contributed by atoms with Gasteiger partial charge in [-0.05, 0) is 73.7 Å². The Kier molecular flexibility index (Phi) is 4.60. The number of rotatable bonds is 6. The quantitative estimate of drug-likeness (QED) is 0.615. The molecule has 32 heavy (non-hydrogen) atoms. The Morgan fingerprint density at radius 3 is 2.75 bits per heavy atom. The first kappa shape index (κ1) is 20.8. The maximum Gasteiger partial charge on any atom is 0.274 e. The van der Waals surface area contributed by atoms with Crippen molar-refractivity contribution in [2.24, 2.45) is 34.2 Å². The molecule has 5 aliphatic rings. The van der Waals surface area contributed by atoms with Gasteiger partial charge in [-0.25, -0.2) is 19.2 Å². The predicted octanol–water partition coefficient (Wildman–Crippen LogP) is 2.58. The molecular weight excluding hydrogens is 431 g/mol. The second-order valence-electron chi connectivity index (χ2n) is 10.5. The highest BCUT2D eigenvalue weighted by Gasteiger charge is 2.58. The fourth-order valence-electron chi connectivity index (χ4n) is 7.84. The largest absolute Gasteiger partial charge is 0.392 e. The number of fused-ring (bicyclic) bond motifs is 3. The molecule has 7 rings (SSSR count). The number of benzene rings is 1. The standard InChI is InChI=1S/C23H29FN4O3S/c24-18-3-1-2-16-20-11-26-12-28(20)19(22(16)18)6-21(29)23-7-13-4-14(8-23)17(15(5-13)9-23)10-27-32(25,30)31/h1-3,11-15,17,19,21,27,29H,4-10H2,(H2,25,30,31). The maximum atomic E-state index is 14.8. The number of imidazole rings is 1. The van der Waals surface area contributed by atoms with Crippen LogP contribution in [-0.2, 0) is 10.2 Å². The molecule has 4 saturated carbocycles. The van der Waals surface area contributed by atoms with Crippen molar-refractivity contribution in [1.29, 1.82) is 0 Å². The fraction of sp³-hybridized carbons (Fsp3) is 0.609. The molecule has 4 aliphatic carbocycles. The van der Waals surface area contributed by atoms with E-state index in [1.807, 2.05) is 10.6 Å². The van der Waals surface area contributed by atoms with Crippen molar-refractivity contribution in [3.05, 3.63) is 42.1 Å². The monoisotopic (exact) mass is 460 g/mol. The summed E-state index contributed by atoms with van der Waals surface area (Å²) in [6.45, 7) is 0.382. The second kappa shape index (κ2) is 7.09. The molecule has 4 fully saturated rings. The van der Waals surface area contributed by atoms with Crippen LogP contribution in [0, 0.1) is 34.9 Å². The van der Waals surface area contributed by atoms with Crippen molar-refractivity contribution in [3.63, 3.8) is 0 Å². The average Bonchev–Trinajstić information content (AvgIpc) is 3.29. The number of aliphatic hydroxyl groups is 1. The van der Waals surface area contributed by atoms with E-state index >= 15 is 0 Å². The van der Waals surface area contributed by atoms with Crippen LogP contribution in [0.2, 0.25) is 0 Å². The molecule has 4 atom stereocenters. The van der Waals surface area contributed by atoms with Crippen LogP contribution in [0.1, 0.15) is 50.1 Å². The predicted molar refractivity (Wildman–Crippen MR) is 117 cm³/mol. The lowest BCUT2D eigenvalue weighted by Crippen LogP contribution is -2.57. The lowest BCUT2D eigenvalue weighted by atomic mass is 9.44. The number of hydrogen-bond donors (Lipinski definition) is 3. The molecule has 1 aliphatic heterocycles. The van der Waals surface area contributed by atoms with Gasteiger partial charge < -0.3 is 9.67 Å². The molecule has 4 unspecified atom stereocenters. The van der Waals surface area contributed by atoms with Crippen LogP contribution in [0.25, 0.3) is 11.3 Å². The maximum absolute atomic E-state index is 14.8. The Balaban J connectivity index is 1.26. The van der Waals surface area contributed by atoms with Gasteiger partial charge in [-0.1, -0.05) is 12.1 Å². The van der Waals surface area contributed by atoms with Crippen LogP contribution >= 0.6 is 0 Å². The summed E-state index contributed by atoms with van der Waals surface area (Å²) < 4.78 is 42.2. The van der Waals surface area contributed by atoms with Gasteiger partial charge in [0.1, 0.15) is 5.82 Å². The minimum Gasteiger partial charge on any atom is -0.392 e. The van der Waals surface area contributed by atoms with E-state index in [0.717, 1.165) is 43.4 Å². The number of nitrogens with two attached hydrogens (primary N) is 1. The van der Waals surface area contributed by atoms with E-state index in [4.69, 9.17) is 5.14 Å². The molecular formula is C23H29FN4O3S. The van der Waals surface area contributed by atoms with Crippen molar-refractivity contribution < 1.29 is 17.9 Å². The van der Waals surface area contributed by atoms with E-state index in [0.29, 0.717) is 36.3 Å². The normalized spacial score (nSPS) is 35.7. The van der Waals surface area contributed by atoms with E-state index in [2.05, 4.69) is 9.71 Å². The lowest BCUT2D eigenvalue weighted by Gasteiger charge is -2.61. The van der Waals surface area contributed by atoms with Crippen molar-refractivity contribution in [2.45, 2.75) is 50.7 Å². The Morgan fingerprint density at radius 2 is 2.03 bits per heavy atom. The van der Waals surface area contributed by atoms with Crippen LogP contribution in [0.5, 0.6) is 0 Å². The van der Waals surface area contributed by atoms with Gasteiger partial charge in [-0.3, -0.25) is 0 Å². The summed E-state index contributed by atoms with van der Waals surface area (Å²) in [5, 5.41) is 16.8. The average molecular weight is 461 g/mol. The number of aromatic nitrogens is 2. The van der Waals surface area contributed by atoms with E-state index in [1.165, 1.54) is 6.07 Å². The first-order valence-corrected chi connectivity index (χ1v) is 13.0. The van der Waals surface area contributed by atoms with Crippen molar-refractivity contribution >= 4 is 10.2 Å². The number of nitrogens with one attached hydrogen (secondary N) is 1. The van der Waals surface area contributed by atoms with Crippen LogP contribution < -0.4 is 9.86 Å². The first-order chi connectivity index (χ1) is 15.2. The van der Waals surface area contributed by atoms with E-state index in [9.17, 15) is 17.9 Å². The zero-order chi connectivity index (χ0) is 22.3. The summed E-state index contributed by atoms with van der Waals surface area (Å²) in [4.78, 5) is 4.27. The minimum atomic E-state index is -3.70. The van der Waals surface area contributed by atoms with Crippen molar-refractivity contribution in [2.75, 3.05) is 6.54 Å². The summed E-state index contributed by atoms with van der Waals surface area (Å²) in [7, 11) is -3.70. The summed E-state index contributed by atoms with van der Waals surface area (Å²) in [6, 6.07) is 4.88. The number of aliphatic hydroxyl groups excluding tert-OH is 1. The highest BCUT2D eigenvalue weighted by Crippen LogP contribution is 2.64. The highest BCUT2D eigenvalue weighted by molar-refractivity contribution is 7.87.